The highest BCUT2D eigenvalue weighted by atomic mass is 16.2. The number of nitriles is 2. The molecule has 0 aliphatic carbocycles. The van der Waals surface area contributed by atoms with Crippen LogP contribution >= 0.6 is 0 Å². The Hall–Kier alpha value is -2.33. The average molecular weight is 281 g/mol. The minimum Gasteiger partial charge on any atom is -0.342 e. The fourth-order valence-corrected chi connectivity index (χ4v) is 2.64. The summed E-state index contributed by atoms with van der Waals surface area (Å²) in [6.07, 6.45) is 2.39. The second-order valence-corrected chi connectivity index (χ2v) is 5.71. The van der Waals surface area contributed by atoms with Crippen LogP contribution in [0.25, 0.3) is 0 Å². The third-order valence-corrected chi connectivity index (χ3v) is 4.05. The summed E-state index contributed by atoms with van der Waals surface area (Å²) < 4.78 is 0. The first-order chi connectivity index (χ1) is 10.1. The average Bonchev–Trinajstić information content (AvgIpc) is 2.53. The predicted octanol–water partition coefficient (Wildman–Crippen LogP) is 2.50. The summed E-state index contributed by atoms with van der Waals surface area (Å²) in [6.45, 7) is 3.68. The Morgan fingerprint density at radius 3 is 2.71 bits per heavy atom. The Morgan fingerprint density at radius 1 is 1.38 bits per heavy atom. The van der Waals surface area contributed by atoms with E-state index in [4.69, 9.17) is 5.26 Å². The van der Waals surface area contributed by atoms with Crippen LogP contribution in [0.4, 0.5) is 0 Å². The van der Waals surface area contributed by atoms with Crippen molar-refractivity contribution in [1.82, 2.24) is 4.90 Å². The molecule has 0 aromatic heterocycles. The number of likely N-dealkylation sites (tertiary alicyclic amines) is 1. The Balaban J connectivity index is 2.04. The molecule has 2 rings (SSSR count). The molecule has 4 nitrogen and oxygen atoms in total. The number of benzene rings is 1. The molecule has 1 aliphatic rings. The van der Waals surface area contributed by atoms with Gasteiger partial charge in [0.1, 0.15) is 5.92 Å². The minimum atomic E-state index is -0.660. The summed E-state index contributed by atoms with van der Waals surface area (Å²) in [6, 6.07) is 11.3. The van der Waals surface area contributed by atoms with Gasteiger partial charge in [0, 0.05) is 13.1 Å². The van der Waals surface area contributed by atoms with Crippen LogP contribution in [0.3, 0.4) is 0 Å². The number of piperidine rings is 1. The molecule has 1 fully saturated rings. The maximum atomic E-state index is 12.4. The van der Waals surface area contributed by atoms with Gasteiger partial charge in [-0.1, -0.05) is 19.1 Å². The first-order valence-electron chi connectivity index (χ1n) is 7.31. The van der Waals surface area contributed by atoms with Gasteiger partial charge >= 0.3 is 0 Å². The van der Waals surface area contributed by atoms with Crippen LogP contribution in [0.2, 0.25) is 0 Å². The van der Waals surface area contributed by atoms with Gasteiger partial charge in [0.2, 0.25) is 5.91 Å². The number of nitrogens with zero attached hydrogens (tertiary/aromatic N) is 3. The van der Waals surface area contributed by atoms with Crippen LogP contribution in [-0.2, 0) is 11.2 Å². The number of hydrogen-bond acceptors (Lipinski definition) is 3. The molecule has 1 heterocycles. The second-order valence-electron chi connectivity index (χ2n) is 5.71. The zero-order valence-corrected chi connectivity index (χ0v) is 12.2. The zero-order valence-electron chi connectivity index (χ0n) is 12.2. The van der Waals surface area contributed by atoms with Crippen LogP contribution < -0.4 is 0 Å². The molecule has 1 unspecified atom stereocenters. The molecule has 0 radical (unpaired) electrons. The third-order valence-electron chi connectivity index (χ3n) is 4.05. The number of rotatable bonds is 3. The Bertz CT molecular complexity index is 589. The highest BCUT2D eigenvalue weighted by molar-refractivity contribution is 5.81. The number of hydrogen-bond donors (Lipinski definition) is 0. The van der Waals surface area contributed by atoms with E-state index in [1.54, 1.807) is 18.2 Å². The van der Waals surface area contributed by atoms with Gasteiger partial charge in [-0.25, -0.2) is 0 Å². The summed E-state index contributed by atoms with van der Waals surface area (Å²) in [4.78, 5) is 14.2. The SMILES string of the molecule is CC1CCN(C(=O)C(C#N)Cc2cccc(C#N)c2)CC1. The van der Waals surface area contributed by atoms with Crippen LogP contribution in [-0.4, -0.2) is 23.9 Å². The van der Waals surface area contributed by atoms with Gasteiger partial charge < -0.3 is 4.90 Å². The van der Waals surface area contributed by atoms with Crippen molar-refractivity contribution in [2.24, 2.45) is 11.8 Å². The molecular formula is C17H19N3O. The predicted molar refractivity (Wildman–Crippen MR) is 78.9 cm³/mol. The number of amides is 1. The van der Waals surface area contributed by atoms with Crippen LogP contribution in [0.15, 0.2) is 24.3 Å². The van der Waals surface area contributed by atoms with Gasteiger partial charge in [-0.2, -0.15) is 10.5 Å². The van der Waals surface area contributed by atoms with E-state index in [2.05, 4.69) is 19.1 Å². The van der Waals surface area contributed by atoms with E-state index >= 15 is 0 Å². The topological polar surface area (TPSA) is 67.9 Å². The molecule has 0 saturated carbocycles. The first-order valence-corrected chi connectivity index (χ1v) is 7.31. The molecule has 1 aromatic rings. The monoisotopic (exact) mass is 281 g/mol. The lowest BCUT2D eigenvalue weighted by molar-refractivity contribution is -0.135. The highest BCUT2D eigenvalue weighted by Gasteiger charge is 2.27. The van der Waals surface area contributed by atoms with Gasteiger partial charge in [-0.3, -0.25) is 4.79 Å². The van der Waals surface area contributed by atoms with E-state index in [-0.39, 0.29) is 5.91 Å². The van der Waals surface area contributed by atoms with E-state index < -0.39 is 5.92 Å². The standard InChI is InChI=1S/C17H19N3O/c1-13-5-7-20(8-6-13)17(21)16(12-19)10-14-3-2-4-15(9-14)11-18/h2-4,9,13,16H,5-8,10H2,1H3. The lowest BCUT2D eigenvalue weighted by Gasteiger charge is -2.31. The van der Waals surface area contributed by atoms with Crippen LogP contribution in [0.1, 0.15) is 30.9 Å². The molecule has 1 aromatic carbocycles. The Labute approximate surface area is 125 Å². The molecule has 0 N–H and O–H groups in total. The van der Waals surface area contributed by atoms with Crippen molar-refractivity contribution in [3.05, 3.63) is 35.4 Å². The lowest BCUT2D eigenvalue weighted by Crippen LogP contribution is -2.41. The molecule has 108 valence electrons. The van der Waals surface area contributed by atoms with E-state index in [1.165, 1.54) is 0 Å². The largest absolute Gasteiger partial charge is 0.342 e. The molecule has 4 heteroatoms. The van der Waals surface area contributed by atoms with Crippen LogP contribution in [0.5, 0.6) is 0 Å². The Morgan fingerprint density at radius 2 is 2.10 bits per heavy atom. The maximum Gasteiger partial charge on any atom is 0.240 e. The van der Waals surface area contributed by atoms with Crippen molar-refractivity contribution in [3.63, 3.8) is 0 Å². The van der Waals surface area contributed by atoms with Crippen molar-refractivity contribution < 1.29 is 4.79 Å². The van der Waals surface area contributed by atoms with Crippen molar-refractivity contribution in [3.8, 4) is 12.1 Å². The fraction of sp³-hybridized carbons (Fsp3) is 0.471. The molecule has 1 atom stereocenters. The van der Waals surface area contributed by atoms with Gasteiger partial charge in [-0.05, 0) is 42.9 Å². The molecule has 1 saturated heterocycles. The van der Waals surface area contributed by atoms with E-state index in [1.807, 2.05) is 11.0 Å². The fourth-order valence-electron chi connectivity index (χ4n) is 2.64. The molecule has 0 bridgehead atoms. The lowest BCUT2D eigenvalue weighted by atomic mass is 9.95. The molecular weight excluding hydrogens is 262 g/mol. The summed E-state index contributed by atoms with van der Waals surface area (Å²) in [5.74, 6) is -0.0824. The van der Waals surface area contributed by atoms with Crippen molar-refractivity contribution in [2.45, 2.75) is 26.2 Å². The van der Waals surface area contributed by atoms with Crippen molar-refractivity contribution >= 4 is 5.91 Å². The summed E-state index contributed by atoms with van der Waals surface area (Å²) in [7, 11) is 0. The minimum absolute atomic E-state index is 0.0771. The van der Waals surface area contributed by atoms with E-state index in [9.17, 15) is 10.1 Å². The molecule has 0 spiro atoms. The van der Waals surface area contributed by atoms with Gasteiger partial charge in [0.15, 0.2) is 0 Å². The molecule has 1 amide bonds. The summed E-state index contributed by atoms with van der Waals surface area (Å²) >= 11 is 0. The molecule has 1 aliphatic heterocycles. The third kappa shape index (κ3) is 3.83. The maximum absolute atomic E-state index is 12.4. The van der Waals surface area contributed by atoms with E-state index in [0.29, 0.717) is 17.9 Å². The second kappa shape index (κ2) is 6.90. The van der Waals surface area contributed by atoms with Gasteiger partial charge in [0.05, 0.1) is 17.7 Å². The van der Waals surface area contributed by atoms with Crippen molar-refractivity contribution in [2.75, 3.05) is 13.1 Å². The highest BCUT2D eigenvalue weighted by Crippen LogP contribution is 2.19. The Kier molecular flexibility index (Phi) is 4.95. The normalized spacial score (nSPS) is 16.8. The summed E-state index contributed by atoms with van der Waals surface area (Å²) in [5.41, 5.74) is 1.42. The summed E-state index contributed by atoms with van der Waals surface area (Å²) in [5, 5.41) is 18.2. The van der Waals surface area contributed by atoms with Gasteiger partial charge in [-0.15, -0.1) is 0 Å². The van der Waals surface area contributed by atoms with Gasteiger partial charge in [0.25, 0.3) is 0 Å². The number of carbonyl (C=O) groups is 1. The zero-order chi connectivity index (χ0) is 15.2. The quantitative estimate of drug-likeness (QED) is 0.854. The first kappa shape index (κ1) is 15.1. The van der Waals surface area contributed by atoms with Crippen LogP contribution in [0, 0.1) is 34.5 Å². The van der Waals surface area contributed by atoms with E-state index in [0.717, 1.165) is 31.5 Å². The number of carbonyl (C=O) groups excluding carboxylic acids is 1. The smallest absolute Gasteiger partial charge is 0.240 e. The van der Waals surface area contributed by atoms with Crippen molar-refractivity contribution in [1.29, 1.82) is 10.5 Å². The molecule has 21 heavy (non-hydrogen) atoms.